The Kier molecular flexibility index (Phi) is 4.26. The van der Waals surface area contributed by atoms with Gasteiger partial charge in [0.2, 0.25) is 16.0 Å². The molecule has 0 aromatic carbocycles. The highest BCUT2D eigenvalue weighted by molar-refractivity contribution is 7.89. The van der Waals surface area contributed by atoms with Crippen LogP contribution in [0.4, 0.5) is 5.95 Å². The van der Waals surface area contributed by atoms with Gasteiger partial charge < -0.3 is 10.1 Å². The summed E-state index contributed by atoms with van der Waals surface area (Å²) in [5.41, 5.74) is -0.476. The standard InChI is InChI=1S/C12H20N4O3S/c1-4-13-11-14-7-10(8-15-11)20(17,18)16-5-6-19-12(2,3)9-16/h7-8H,4-6,9H2,1-3H3,(H,13,14,15). The van der Waals surface area contributed by atoms with Gasteiger partial charge in [0.25, 0.3) is 0 Å². The number of morpholine rings is 1. The van der Waals surface area contributed by atoms with E-state index in [1.807, 2.05) is 20.8 Å². The minimum Gasteiger partial charge on any atom is -0.373 e. The number of hydrogen-bond donors (Lipinski definition) is 1. The zero-order chi connectivity index (χ0) is 14.8. The van der Waals surface area contributed by atoms with Gasteiger partial charge in [0.05, 0.1) is 24.6 Å². The van der Waals surface area contributed by atoms with Crippen molar-refractivity contribution in [3.8, 4) is 0 Å². The third kappa shape index (κ3) is 3.25. The van der Waals surface area contributed by atoms with Crippen LogP contribution >= 0.6 is 0 Å². The number of hydrogen-bond acceptors (Lipinski definition) is 6. The summed E-state index contributed by atoms with van der Waals surface area (Å²) in [6, 6.07) is 0. The first kappa shape index (κ1) is 15.1. The molecule has 1 aliphatic rings. The van der Waals surface area contributed by atoms with Gasteiger partial charge in [-0.05, 0) is 20.8 Å². The molecular formula is C12H20N4O3S. The monoisotopic (exact) mass is 300 g/mol. The summed E-state index contributed by atoms with van der Waals surface area (Å²) < 4.78 is 32.0. The Hall–Kier alpha value is -1.25. The van der Waals surface area contributed by atoms with Crippen LogP contribution in [0.25, 0.3) is 0 Å². The highest BCUT2D eigenvalue weighted by Crippen LogP contribution is 2.23. The SMILES string of the molecule is CCNc1ncc(S(=O)(=O)N2CCOC(C)(C)C2)cn1. The molecule has 0 amide bonds. The molecule has 1 aromatic heterocycles. The number of anilines is 1. The average molecular weight is 300 g/mol. The van der Waals surface area contributed by atoms with E-state index in [2.05, 4.69) is 15.3 Å². The van der Waals surface area contributed by atoms with E-state index >= 15 is 0 Å². The molecule has 0 saturated carbocycles. The molecule has 0 atom stereocenters. The molecule has 1 saturated heterocycles. The summed E-state index contributed by atoms with van der Waals surface area (Å²) >= 11 is 0. The van der Waals surface area contributed by atoms with E-state index in [1.54, 1.807) is 0 Å². The van der Waals surface area contributed by atoms with E-state index in [9.17, 15) is 8.42 Å². The van der Waals surface area contributed by atoms with Gasteiger partial charge in [-0.15, -0.1) is 0 Å². The molecule has 0 aliphatic carbocycles. The van der Waals surface area contributed by atoms with Crippen LogP contribution < -0.4 is 5.32 Å². The Morgan fingerprint density at radius 2 is 2.05 bits per heavy atom. The van der Waals surface area contributed by atoms with Crippen LogP contribution in [0.2, 0.25) is 0 Å². The van der Waals surface area contributed by atoms with E-state index in [4.69, 9.17) is 4.74 Å². The molecule has 2 rings (SSSR count). The maximum absolute atomic E-state index is 12.5. The number of aromatic nitrogens is 2. The Bertz CT molecular complexity index is 557. The third-order valence-corrected chi connectivity index (χ3v) is 4.79. The molecule has 0 bridgehead atoms. The molecule has 2 heterocycles. The largest absolute Gasteiger partial charge is 0.373 e. The lowest BCUT2D eigenvalue weighted by molar-refractivity contribution is -0.0640. The van der Waals surface area contributed by atoms with E-state index in [0.29, 0.717) is 32.2 Å². The van der Waals surface area contributed by atoms with Gasteiger partial charge in [0, 0.05) is 19.6 Å². The first-order valence-electron chi connectivity index (χ1n) is 6.55. The number of sulfonamides is 1. The fraction of sp³-hybridized carbons (Fsp3) is 0.667. The van der Waals surface area contributed by atoms with Gasteiger partial charge >= 0.3 is 0 Å². The molecule has 1 fully saturated rings. The molecule has 7 nitrogen and oxygen atoms in total. The summed E-state index contributed by atoms with van der Waals surface area (Å²) in [5.74, 6) is 0.425. The second-order valence-electron chi connectivity index (χ2n) is 5.22. The summed E-state index contributed by atoms with van der Waals surface area (Å²) in [6.45, 7) is 7.42. The predicted molar refractivity (Wildman–Crippen MR) is 75.0 cm³/mol. The minimum absolute atomic E-state index is 0.108. The Morgan fingerprint density at radius 1 is 1.40 bits per heavy atom. The van der Waals surface area contributed by atoms with Crippen molar-refractivity contribution >= 4 is 16.0 Å². The molecule has 0 unspecified atom stereocenters. The lowest BCUT2D eigenvalue weighted by atomic mass is 10.1. The van der Waals surface area contributed by atoms with Gasteiger partial charge in [0.1, 0.15) is 4.90 Å². The first-order chi connectivity index (χ1) is 9.35. The van der Waals surface area contributed by atoms with E-state index in [-0.39, 0.29) is 4.90 Å². The maximum Gasteiger partial charge on any atom is 0.246 e. The highest BCUT2D eigenvalue weighted by atomic mass is 32.2. The Balaban J connectivity index is 2.21. The first-order valence-corrected chi connectivity index (χ1v) is 7.99. The topological polar surface area (TPSA) is 84.4 Å². The Labute approximate surface area is 119 Å². The van der Waals surface area contributed by atoms with Crippen molar-refractivity contribution in [2.75, 3.05) is 31.6 Å². The van der Waals surface area contributed by atoms with E-state index in [0.717, 1.165) is 0 Å². The van der Waals surface area contributed by atoms with Crippen molar-refractivity contribution in [2.45, 2.75) is 31.3 Å². The molecule has 1 aliphatic heterocycles. The summed E-state index contributed by atoms with van der Waals surface area (Å²) in [5, 5.41) is 2.93. The van der Waals surface area contributed by atoms with Crippen LogP contribution in [0.1, 0.15) is 20.8 Å². The van der Waals surface area contributed by atoms with Crippen molar-refractivity contribution in [3.63, 3.8) is 0 Å². The summed E-state index contributed by atoms with van der Waals surface area (Å²) in [4.78, 5) is 8.12. The fourth-order valence-electron chi connectivity index (χ4n) is 2.03. The number of nitrogens with one attached hydrogen (secondary N) is 1. The van der Waals surface area contributed by atoms with Gasteiger partial charge in [-0.25, -0.2) is 18.4 Å². The van der Waals surface area contributed by atoms with Crippen LogP contribution in [0.15, 0.2) is 17.3 Å². The second kappa shape index (κ2) is 5.63. The highest BCUT2D eigenvalue weighted by Gasteiger charge is 2.35. The lowest BCUT2D eigenvalue weighted by Crippen LogP contribution is -2.50. The minimum atomic E-state index is -3.56. The number of nitrogens with zero attached hydrogens (tertiary/aromatic N) is 3. The smallest absolute Gasteiger partial charge is 0.246 e. The summed E-state index contributed by atoms with van der Waals surface area (Å²) in [6.07, 6.45) is 2.67. The van der Waals surface area contributed by atoms with Gasteiger partial charge in [-0.1, -0.05) is 0 Å². The fourth-order valence-corrected chi connectivity index (χ4v) is 3.49. The van der Waals surface area contributed by atoms with E-state index in [1.165, 1.54) is 16.7 Å². The number of rotatable bonds is 4. The van der Waals surface area contributed by atoms with Crippen molar-refractivity contribution in [2.24, 2.45) is 0 Å². The molecule has 112 valence electrons. The second-order valence-corrected chi connectivity index (χ2v) is 7.16. The zero-order valence-electron chi connectivity index (χ0n) is 12.0. The van der Waals surface area contributed by atoms with Crippen LogP contribution in [0.5, 0.6) is 0 Å². The van der Waals surface area contributed by atoms with Crippen LogP contribution in [0.3, 0.4) is 0 Å². The van der Waals surface area contributed by atoms with Crippen LogP contribution in [-0.4, -0.2) is 54.5 Å². The Morgan fingerprint density at radius 3 is 2.60 bits per heavy atom. The molecule has 0 radical (unpaired) electrons. The van der Waals surface area contributed by atoms with Crippen molar-refractivity contribution in [3.05, 3.63) is 12.4 Å². The van der Waals surface area contributed by atoms with Gasteiger partial charge in [-0.2, -0.15) is 4.31 Å². The summed E-state index contributed by atoms with van der Waals surface area (Å²) in [7, 11) is -3.56. The van der Waals surface area contributed by atoms with Crippen molar-refractivity contribution in [1.82, 2.24) is 14.3 Å². The molecular weight excluding hydrogens is 280 g/mol. The van der Waals surface area contributed by atoms with Crippen LogP contribution in [0, 0.1) is 0 Å². The maximum atomic E-state index is 12.5. The molecule has 0 spiro atoms. The van der Waals surface area contributed by atoms with E-state index < -0.39 is 15.6 Å². The normalized spacial score (nSPS) is 19.8. The van der Waals surface area contributed by atoms with Gasteiger partial charge in [0.15, 0.2) is 0 Å². The average Bonchev–Trinajstić information content (AvgIpc) is 2.38. The van der Waals surface area contributed by atoms with Gasteiger partial charge in [-0.3, -0.25) is 0 Å². The third-order valence-electron chi connectivity index (χ3n) is 2.99. The van der Waals surface area contributed by atoms with Crippen molar-refractivity contribution in [1.29, 1.82) is 0 Å². The number of ether oxygens (including phenoxy) is 1. The lowest BCUT2D eigenvalue weighted by Gasteiger charge is -2.37. The molecule has 1 N–H and O–H groups in total. The van der Waals surface area contributed by atoms with Crippen molar-refractivity contribution < 1.29 is 13.2 Å². The zero-order valence-corrected chi connectivity index (χ0v) is 12.8. The predicted octanol–water partition coefficient (Wildman–Crippen LogP) is 0.708. The molecule has 1 aromatic rings. The molecule has 8 heteroatoms. The molecule has 20 heavy (non-hydrogen) atoms. The quantitative estimate of drug-likeness (QED) is 0.881. The van der Waals surface area contributed by atoms with Crippen LogP contribution in [-0.2, 0) is 14.8 Å².